The Balaban J connectivity index is 0.000000177. The van der Waals surface area contributed by atoms with Crippen LogP contribution in [0.1, 0.15) is 27.6 Å². The van der Waals surface area contributed by atoms with Gasteiger partial charge in [0.15, 0.2) is 12.1 Å². The summed E-state index contributed by atoms with van der Waals surface area (Å²) >= 11 is 0. The van der Waals surface area contributed by atoms with Crippen LogP contribution in [-0.4, -0.2) is 24.1 Å². The molecule has 0 aliphatic heterocycles. The highest BCUT2D eigenvalue weighted by Gasteiger charge is 2.07. The number of rotatable bonds is 5. The molecule has 2 aromatic carbocycles. The number of pyridine rings is 1. The van der Waals surface area contributed by atoms with Crippen LogP contribution in [0.3, 0.4) is 0 Å². The standard InChI is InChI=1S/C15H15NO.C10H7NO2/c1-11(17)14-9-8-13(10-15(14)16-2)12-6-4-3-5-7-12;12-6-8-3-10(5-11-4-8)9-1-2-13-7-9/h3-10,16H,1-2H3;1-7H. The molecular weight excluding hydrogens is 376 g/mol. The number of hydrogen-bond acceptors (Lipinski definition) is 5. The highest BCUT2D eigenvalue weighted by Crippen LogP contribution is 2.25. The van der Waals surface area contributed by atoms with Crippen molar-refractivity contribution in [1.29, 1.82) is 0 Å². The molecular formula is C25H22N2O3. The molecule has 0 spiro atoms. The Morgan fingerprint density at radius 3 is 2.37 bits per heavy atom. The molecule has 0 bridgehead atoms. The fourth-order valence-corrected chi connectivity index (χ4v) is 2.98. The van der Waals surface area contributed by atoms with Crippen LogP contribution in [0.4, 0.5) is 5.69 Å². The number of aromatic nitrogens is 1. The monoisotopic (exact) mass is 398 g/mol. The molecule has 2 heterocycles. The first-order valence-corrected chi connectivity index (χ1v) is 9.43. The third kappa shape index (κ3) is 5.08. The minimum atomic E-state index is 0.0777. The zero-order valence-corrected chi connectivity index (χ0v) is 16.8. The number of carbonyl (C=O) groups is 2. The van der Waals surface area contributed by atoms with Gasteiger partial charge in [0.2, 0.25) is 0 Å². The molecule has 0 radical (unpaired) electrons. The topological polar surface area (TPSA) is 72.2 Å². The zero-order valence-electron chi connectivity index (χ0n) is 16.8. The Labute approximate surface area is 175 Å². The van der Waals surface area contributed by atoms with E-state index in [1.165, 1.54) is 6.20 Å². The summed E-state index contributed by atoms with van der Waals surface area (Å²) in [6.07, 6.45) is 7.19. The van der Waals surface area contributed by atoms with Gasteiger partial charge in [0.05, 0.1) is 12.5 Å². The maximum absolute atomic E-state index is 11.4. The predicted octanol–water partition coefficient (Wildman–Crippen LogP) is 5.75. The summed E-state index contributed by atoms with van der Waals surface area (Å²) in [7, 11) is 1.83. The predicted molar refractivity (Wildman–Crippen MR) is 119 cm³/mol. The Kier molecular flexibility index (Phi) is 6.90. The quantitative estimate of drug-likeness (QED) is 0.342. The number of nitrogens with one attached hydrogen (secondary N) is 1. The molecule has 1 N–H and O–H groups in total. The lowest BCUT2D eigenvalue weighted by molar-refractivity contribution is 0.101. The fourth-order valence-electron chi connectivity index (χ4n) is 2.98. The summed E-state index contributed by atoms with van der Waals surface area (Å²) in [4.78, 5) is 25.8. The Bertz CT molecular complexity index is 1120. The van der Waals surface area contributed by atoms with Gasteiger partial charge in [-0.15, -0.1) is 0 Å². The lowest BCUT2D eigenvalue weighted by Crippen LogP contribution is -2.00. The summed E-state index contributed by atoms with van der Waals surface area (Å²) in [6, 6.07) is 19.6. The lowest BCUT2D eigenvalue weighted by Gasteiger charge is -2.09. The zero-order chi connectivity index (χ0) is 21.3. The van der Waals surface area contributed by atoms with Gasteiger partial charge in [0.1, 0.15) is 0 Å². The van der Waals surface area contributed by atoms with E-state index in [2.05, 4.69) is 22.4 Å². The Morgan fingerprint density at radius 1 is 0.933 bits per heavy atom. The molecule has 0 unspecified atom stereocenters. The minimum absolute atomic E-state index is 0.0777. The first-order valence-electron chi connectivity index (χ1n) is 9.43. The van der Waals surface area contributed by atoms with Crippen LogP contribution >= 0.6 is 0 Å². The van der Waals surface area contributed by atoms with E-state index in [1.54, 1.807) is 31.7 Å². The van der Waals surface area contributed by atoms with Crippen LogP contribution in [0.5, 0.6) is 0 Å². The van der Waals surface area contributed by atoms with Gasteiger partial charge in [0, 0.05) is 47.4 Å². The van der Waals surface area contributed by atoms with Gasteiger partial charge in [-0.05, 0) is 42.3 Å². The molecule has 30 heavy (non-hydrogen) atoms. The highest BCUT2D eigenvalue weighted by molar-refractivity contribution is 6.00. The van der Waals surface area contributed by atoms with Crippen LogP contribution in [0, 0.1) is 0 Å². The van der Waals surface area contributed by atoms with Crippen molar-refractivity contribution in [1.82, 2.24) is 4.98 Å². The third-order valence-electron chi connectivity index (χ3n) is 4.53. The van der Waals surface area contributed by atoms with E-state index in [0.29, 0.717) is 5.56 Å². The van der Waals surface area contributed by atoms with E-state index < -0.39 is 0 Å². The Morgan fingerprint density at radius 2 is 1.73 bits per heavy atom. The van der Waals surface area contributed by atoms with Crippen molar-refractivity contribution >= 4 is 17.8 Å². The number of nitrogens with zero attached hydrogens (tertiary/aromatic N) is 1. The molecule has 0 saturated heterocycles. The highest BCUT2D eigenvalue weighted by atomic mass is 16.3. The average Bonchev–Trinajstić information content (AvgIpc) is 3.35. The molecule has 0 amide bonds. The molecule has 0 fully saturated rings. The summed E-state index contributed by atoms with van der Waals surface area (Å²) in [5, 5.41) is 3.07. The third-order valence-corrected chi connectivity index (χ3v) is 4.53. The number of anilines is 1. The second-order valence-corrected chi connectivity index (χ2v) is 6.57. The summed E-state index contributed by atoms with van der Waals surface area (Å²) in [5.41, 5.74) is 6.25. The van der Waals surface area contributed by atoms with Gasteiger partial charge in [-0.1, -0.05) is 36.4 Å². The first-order chi connectivity index (χ1) is 14.6. The van der Waals surface area contributed by atoms with E-state index in [1.807, 2.05) is 49.5 Å². The van der Waals surface area contributed by atoms with Crippen molar-refractivity contribution in [2.45, 2.75) is 6.92 Å². The fraction of sp³-hybridized carbons (Fsp3) is 0.0800. The van der Waals surface area contributed by atoms with Crippen molar-refractivity contribution in [3.63, 3.8) is 0 Å². The van der Waals surface area contributed by atoms with E-state index in [-0.39, 0.29) is 5.78 Å². The molecule has 150 valence electrons. The number of Topliss-reactive ketones (excluding diaryl/α,β-unsaturated/α-hetero) is 1. The van der Waals surface area contributed by atoms with Gasteiger partial charge in [-0.25, -0.2) is 0 Å². The molecule has 0 aliphatic rings. The number of hydrogen-bond donors (Lipinski definition) is 1. The normalized spacial score (nSPS) is 9.93. The number of carbonyl (C=O) groups excluding carboxylic acids is 2. The van der Waals surface area contributed by atoms with Gasteiger partial charge >= 0.3 is 0 Å². The minimum Gasteiger partial charge on any atom is -0.472 e. The van der Waals surface area contributed by atoms with E-state index >= 15 is 0 Å². The van der Waals surface area contributed by atoms with Crippen molar-refractivity contribution in [3.05, 3.63) is 96.7 Å². The van der Waals surface area contributed by atoms with Gasteiger partial charge in [-0.3, -0.25) is 14.6 Å². The molecule has 5 heteroatoms. The van der Waals surface area contributed by atoms with Crippen molar-refractivity contribution < 1.29 is 14.0 Å². The average molecular weight is 398 g/mol. The van der Waals surface area contributed by atoms with Crippen LogP contribution in [0.2, 0.25) is 0 Å². The molecule has 0 atom stereocenters. The summed E-state index contributed by atoms with van der Waals surface area (Å²) < 4.78 is 4.93. The SMILES string of the molecule is CNc1cc(-c2ccccc2)ccc1C(C)=O.O=Cc1cncc(-c2ccoc2)c1. The smallest absolute Gasteiger partial charge is 0.161 e. The molecule has 4 aromatic rings. The molecule has 2 aromatic heterocycles. The van der Waals surface area contributed by atoms with E-state index in [9.17, 15) is 9.59 Å². The summed E-state index contributed by atoms with van der Waals surface area (Å²) in [5.74, 6) is 0.0777. The molecule has 4 rings (SSSR count). The van der Waals surface area contributed by atoms with Crippen molar-refractivity contribution in [2.75, 3.05) is 12.4 Å². The van der Waals surface area contributed by atoms with Crippen LogP contribution in [0.25, 0.3) is 22.3 Å². The molecule has 0 saturated carbocycles. The van der Waals surface area contributed by atoms with Crippen molar-refractivity contribution in [3.8, 4) is 22.3 Å². The number of furan rings is 1. The number of ketones is 1. The largest absolute Gasteiger partial charge is 0.472 e. The second-order valence-electron chi connectivity index (χ2n) is 6.57. The van der Waals surface area contributed by atoms with Crippen molar-refractivity contribution in [2.24, 2.45) is 0 Å². The lowest BCUT2D eigenvalue weighted by atomic mass is 10.0. The maximum Gasteiger partial charge on any atom is 0.161 e. The van der Waals surface area contributed by atoms with E-state index in [0.717, 1.165) is 39.8 Å². The molecule has 0 aliphatic carbocycles. The van der Waals surface area contributed by atoms with Crippen LogP contribution < -0.4 is 5.32 Å². The Hall–Kier alpha value is -3.99. The maximum atomic E-state index is 11.4. The number of aldehydes is 1. The molecule has 5 nitrogen and oxygen atoms in total. The first kappa shape index (κ1) is 20.7. The second kappa shape index (κ2) is 9.98. The van der Waals surface area contributed by atoms with Gasteiger partial charge in [0.25, 0.3) is 0 Å². The van der Waals surface area contributed by atoms with Crippen LogP contribution in [-0.2, 0) is 0 Å². The number of benzene rings is 2. The van der Waals surface area contributed by atoms with E-state index in [4.69, 9.17) is 4.42 Å². The summed E-state index contributed by atoms with van der Waals surface area (Å²) in [6.45, 7) is 1.58. The van der Waals surface area contributed by atoms with Crippen LogP contribution in [0.15, 0.2) is 90.0 Å². The van der Waals surface area contributed by atoms with Gasteiger partial charge in [-0.2, -0.15) is 0 Å². The van der Waals surface area contributed by atoms with Gasteiger partial charge < -0.3 is 9.73 Å².